The molecule has 1 saturated heterocycles. The standard InChI is InChI=1S/C5H12BNO/c6-5-2-1-4(3-7)8-5/h4-5H,1-3,6-7H2/t4-,5+/m0/s1. The van der Waals surface area contributed by atoms with Crippen LogP contribution in [-0.4, -0.2) is 26.5 Å². The Morgan fingerprint density at radius 1 is 1.62 bits per heavy atom. The Hall–Kier alpha value is -0.0151. The van der Waals surface area contributed by atoms with Crippen LogP contribution in [0.3, 0.4) is 0 Å². The van der Waals surface area contributed by atoms with Crippen LogP contribution in [0.15, 0.2) is 0 Å². The van der Waals surface area contributed by atoms with Gasteiger partial charge in [0.2, 0.25) is 0 Å². The van der Waals surface area contributed by atoms with E-state index in [2.05, 4.69) is 7.85 Å². The van der Waals surface area contributed by atoms with Crippen LogP contribution in [0.5, 0.6) is 0 Å². The van der Waals surface area contributed by atoms with E-state index in [0.29, 0.717) is 18.7 Å². The maximum absolute atomic E-state index is 5.39. The van der Waals surface area contributed by atoms with Crippen molar-refractivity contribution in [3.05, 3.63) is 0 Å². The Morgan fingerprint density at radius 3 is 2.62 bits per heavy atom. The third-order valence-electron chi connectivity index (χ3n) is 1.58. The summed E-state index contributed by atoms with van der Waals surface area (Å²) >= 11 is 0. The molecule has 0 aromatic rings. The number of rotatable bonds is 1. The van der Waals surface area contributed by atoms with Crippen LogP contribution < -0.4 is 5.73 Å². The molecule has 1 aliphatic rings. The van der Waals surface area contributed by atoms with E-state index in [9.17, 15) is 0 Å². The summed E-state index contributed by atoms with van der Waals surface area (Å²) in [4.78, 5) is 0. The fourth-order valence-corrected chi connectivity index (χ4v) is 1.06. The van der Waals surface area contributed by atoms with Gasteiger partial charge in [0.1, 0.15) is 7.85 Å². The van der Waals surface area contributed by atoms with E-state index >= 15 is 0 Å². The second-order valence-corrected chi connectivity index (χ2v) is 2.38. The molecule has 0 saturated carbocycles. The summed E-state index contributed by atoms with van der Waals surface area (Å²) in [5.41, 5.74) is 5.37. The summed E-state index contributed by atoms with van der Waals surface area (Å²) in [5.74, 6) is 0. The minimum atomic E-state index is 0.352. The summed E-state index contributed by atoms with van der Waals surface area (Å²) in [5, 5.41) is 0. The van der Waals surface area contributed by atoms with E-state index in [1.165, 1.54) is 6.42 Å². The molecule has 0 aromatic carbocycles. The second kappa shape index (κ2) is 2.51. The highest BCUT2D eigenvalue weighted by Gasteiger charge is 2.19. The minimum Gasteiger partial charge on any atom is -0.383 e. The van der Waals surface area contributed by atoms with Crippen LogP contribution in [-0.2, 0) is 4.74 Å². The van der Waals surface area contributed by atoms with Gasteiger partial charge in [-0.2, -0.15) is 0 Å². The Kier molecular flexibility index (Phi) is 1.92. The van der Waals surface area contributed by atoms with Crippen molar-refractivity contribution in [2.45, 2.75) is 24.9 Å². The van der Waals surface area contributed by atoms with E-state index in [1.807, 2.05) is 0 Å². The van der Waals surface area contributed by atoms with Crippen molar-refractivity contribution < 1.29 is 4.74 Å². The smallest absolute Gasteiger partial charge is 0.139 e. The zero-order valence-electron chi connectivity index (χ0n) is 5.26. The molecule has 1 aliphatic heterocycles. The second-order valence-electron chi connectivity index (χ2n) is 2.38. The van der Waals surface area contributed by atoms with Gasteiger partial charge in [0.15, 0.2) is 0 Å². The van der Waals surface area contributed by atoms with Gasteiger partial charge >= 0.3 is 0 Å². The molecule has 0 bridgehead atoms. The number of ether oxygens (including phenoxy) is 1. The van der Waals surface area contributed by atoms with Crippen molar-refractivity contribution in [3.63, 3.8) is 0 Å². The number of hydrogen-bond donors (Lipinski definition) is 1. The SMILES string of the molecule is B[C@H]1CC[C@@H](CN)O1. The molecule has 3 heteroatoms. The monoisotopic (exact) mass is 113 g/mol. The molecular weight excluding hydrogens is 101 g/mol. The maximum Gasteiger partial charge on any atom is 0.139 e. The first-order valence-corrected chi connectivity index (χ1v) is 3.18. The maximum atomic E-state index is 5.39. The molecule has 2 atom stereocenters. The van der Waals surface area contributed by atoms with Crippen molar-refractivity contribution in [3.8, 4) is 0 Å². The average molecular weight is 113 g/mol. The molecule has 1 rings (SSSR count). The van der Waals surface area contributed by atoms with Gasteiger partial charge in [0, 0.05) is 12.5 Å². The first-order chi connectivity index (χ1) is 3.83. The quantitative estimate of drug-likeness (QED) is 0.446. The molecular formula is C5H12BNO. The van der Waals surface area contributed by atoms with Gasteiger partial charge in [-0.05, 0) is 12.8 Å². The number of hydrogen-bond acceptors (Lipinski definition) is 2. The molecule has 0 aliphatic carbocycles. The average Bonchev–Trinajstić information content (AvgIpc) is 2.14. The molecule has 1 heterocycles. The van der Waals surface area contributed by atoms with E-state index < -0.39 is 0 Å². The highest BCUT2D eigenvalue weighted by atomic mass is 16.5. The summed E-state index contributed by atoms with van der Waals surface area (Å²) in [7, 11) is 2.09. The lowest BCUT2D eigenvalue weighted by molar-refractivity contribution is 0.0941. The van der Waals surface area contributed by atoms with Gasteiger partial charge in [0.25, 0.3) is 0 Å². The molecule has 0 spiro atoms. The minimum absolute atomic E-state index is 0.352. The van der Waals surface area contributed by atoms with E-state index in [1.54, 1.807) is 0 Å². The summed E-state index contributed by atoms with van der Waals surface area (Å²) in [6.07, 6.45) is 2.68. The normalized spacial score (nSPS) is 38.1. The van der Waals surface area contributed by atoms with Crippen molar-refractivity contribution in [1.29, 1.82) is 0 Å². The fourth-order valence-electron chi connectivity index (χ4n) is 1.06. The van der Waals surface area contributed by atoms with E-state index in [0.717, 1.165) is 6.42 Å². The lowest BCUT2D eigenvalue weighted by Crippen LogP contribution is -2.20. The predicted molar refractivity (Wildman–Crippen MR) is 35.5 cm³/mol. The summed E-state index contributed by atoms with van der Waals surface area (Å²) in [6.45, 7) is 0.685. The molecule has 0 amide bonds. The first kappa shape index (κ1) is 6.11. The molecule has 0 radical (unpaired) electrons. The lowest BCUT2D eigenvalue weighted by atomic mass is 9.97. The van der Waals surface area contributed by atoms with Crippen molar-refractivity contribution in [1.82, 2.24) is 0 Å². The van der Waals surface area contributed by atoms with Crippen molar-refractivity contribution >= 4 is 7.85 Å². The Labute approximate surface area is 50.8 Å². The Balaban J connectivity index is 2.22. The first-order valence-electron chi connectivity index (χ1n) is 3.18. The zero-order chi connectivity index (χ0) is 5.98. The van der Waals surface area contributed by atoms with Gasteiger partial charge in [0.05, 0.1) is 6.10 Å². The fraction of sp³-hybridized carbons (Fsp3) is 1.00. The largest absolute Gasteiger partial charge is 0.383 e. The van der Waals surface area contributed by atoms with Crippen molar-refractivity contribution in [2.24, 2.45) is 5.73 Å². The van der Waals surface area contributed by atoms with Gasteiger partial charge in [-0.25, -0.2) is 0 Å². The zero-order valence-corrected chi connectivity index (χ0v) is 5.26. The summed E-state index contributed by atoms with van der Waals surface area (Å²) < 4.78 is 5.39. The van der Waals surface area contributed by atoms with Crippen LogP contribution in [0.1, 0.15) is 12.8 Å². The predicted octanol–water partition coefficient (Wildman–Crippen LogP) is -0.917. The van der Waals surface area contributed by atoms with Gasteiger partial charge in [-0.1, -0.05) is 0 Å². The van der Waals surface area contributed by atoms with Crippen LogP contribution >= 0.6 is 0 Å². The molecule has 2 nitrogen and oxygen atoms in total. The van der Waals surface area contributed by atoms with Gasteiger partial charge in [-0.15, -0.1) is 0 Å². The van der Waals surface area contributed by atoms with Crippen LogP contribution in [0, 0.1) is 0 Å². The Bertz CT molecular complexity index is 78.8. The van der Waals surface area contributed by atoms with E-state index in [-0.39, 0.29) is 0 Å². The molecule has 8 heavy (non-hydrogen) atoms. The molecule has 2 N–H and O–H groups in total. The number of nitrogens with two attached hydrogens (primary N) is 1. The van der Waals surface area contributed by atoms with Crippen LogP contribution in [0.2, 0.25) is 0 Å². The lowest BCUT2D eigenvalue weighted by Gasteiger charge is -2.05. The van der Waals surface area contributed by atoms with Crippen molar-refractivity contribution in [2.75, 3.05) is 6.54 Å². The van der Waals surface area contributed by atoms with Gasteiger partial charge in [-0.3, -0.25) is 0 Å². The third kappa shape index (κ3) is 1.23. The van der Waals surface area contributed by atoms with E-state index in [4.69, 9.17) is 10.5 Å². The highest BCUT2D eigenvalue weighted by molar-refractivity contribution is 6.11. The Morgan fingerprint density at radius 2 is 2.38 bits per heavy atom. The van der Waals surface area contributed by atoms with Crippen LogP contribution in [0.25, 0.3) is 0 Å². The molecule has 46 valence electrons. The molecule has 1 fully saturated rings. The summed E-state index contributed by atoms with van der Waals surface area (Å²) in [6, 6.07) is 0.448. The van der Waals surface area contributed by atoms with Crippen LogP contribution in [0.4, 0.5) is 0 Å². The molecule has 0 aromatic heterocycles. The topological polar surface area (TPSA) is 35.2 Å². The molecule has 0 unspecified atom stereocenters. The third-order valence-corrected chi connectivity index (χ3v) is 1.58. The van der Waals surface area contributed by atoms with Gasteiger partial charge < -0.3 is 10.5 Å². The highest BCUT2D eigenvalue weighted by Crippen LogP contribution is 2.15.